The first-order valence-electron chi connectivity index (χ1n) is 5.68. The summed E-state index contributed by atoms with van der Waals surface area (Å²) in [6.45, 7) is 0. The summed E-state index contributed by atoms with van der Waals surface area (Å²) in [4.78, 5) is 44.6. The van der Waals surface area contributed by atoms with E-state index >= 15 is 0 Å². The van der Waals surface area contributed by atoms with Crippen molar-refractivity contribution in [3.05, 3.63) is 0 Å². The molecule has 2 rings (SSSR count). The Bertz CT molecular complexity index is 387. The smallest absolute Gasteiger partial charge is 0.307 e. The Balaban J connectivity index is 2.45. The van der Waals surface area contributed by atoms with Gasteiger partial charge in [0.15, 0.2) is 0 Å². The molecule has 2 bridgehead atoms. The fourth-order valence-corrected chi connectivity index (χ4v) is 3.76. The minimum atomic E-state index is -1.38. The van der Waals surface area contributed by atoms with Gasteiger partial charge >= 0.3 is 23.9 Å². The van der Waals surface area contributed by atoms with Gasteiger partial charge in [-0.3, -0.25) is 19.2 Å². The molecule has 0 saturated heterocycles. The van der Waals surface area contributed by atoms with Gasteiger partial charge in [-0.15, -0.1) is 0 Å². The summed E-state index contributed by atoms with van der Waals surface area (Å²) in [5.74, 6) is -12.7. The van der Waals surface area contributed by atoms with Crippen molar-refractivity contribution in [2.24, 2.45) is 35.5 Å². The average Bonchev–Trinajstić information content (AvgIpc) is 2.81. The van der Waals surface area contributed by atoms with Gasteiger partial charge in [0.1, 0.15) is 0 Å². The molecule has 2 aliphatic rings. The number of hydrogen-bond donors (Lipinski definition) is 4. The SMILES string of the molecule is O=C(O)[C@@H]1C2CC([C@@H]1C(=O)O)[C@H](C(=O)O)[C@@H]2C(=O)O. The quantitative estimate of drug-likeness (QED) is 0.532. The average molecular weight is 272 g/mol. The zero-order chi connectivity index (χ0) is 14.5. The van der Waals surface area contributed by atoms with Gasteiger partial charge in [-0.1, -0.05) is 0 Å². The molecule has 8 nitrogen and oxygen atoms in total. The lowest BCUT2D eigenvalue weighted by atomic mass is 9.68. The van der Waals surface area contributed by atoms with E-state index in [2.05, 4.69) is 0 Å². The summed E-state index contributed by atoms with van der Waals surface area (Å²) in [6.07, 6.45) is 0.0157. The highest BCUT2D eigenvalue weighted by Gasteiger charge is 2.66. The van der Waals surface area contributed by atoms with Crippen molar-refractivity contribution in [2.45, 2.75) is 6.42 Å². The van der Waals surface area contributed by atoms with Gasteiger partial charge in [0.05, 0.1) is 23.7 Å². The van der Waals surface area contributed by atoms with Gasteiger partial charge in [0.2, 0.25) is 0 Å². The number of rotatable bonds is 4. The molecular formula is C11H12O8. The van der Waals surface area contributed by atoms with Crippen LogP contribution in [0.5, 0.6) is 0 Å². The van der Waals surface area contributed by atoms with Gasteiger partial charge < -0.3 is 20.4 Å². The normalized spacial score (nSPS) is 40.0. The molecule has 104 valence electrons. The van der Waals surface area contributed by atoms with Crippen LogP contribution >= 0.6 is 0 Å². The third-order valence-electron chi connectivity index (χ3n) is 4.30. The molecule has 4 atom stereocenters. The summed E-state index contributed by atoms with van der Waals surface area (Å²) in [7, 11) is 0. The minimum absolute atomic E-state index is 0.0157. The molecule has 2 saturated carbocycles. The number of carbonyl (C=O) groups is 4. The highest BCUT2D eigenvalue weighted by Crippen LogP contribution is 2.58. The van der Waals surface area contributed by atoms with E-state index in [9.17, 15) is 19.2 Å². The second kappa shape index (κ2) is 4.22. The van der Waals surface area contributed by atoms with E-state index in [0.717, 1.165) is 0 Å². The molecule has 2 fully saturated rings. The van der Waals surface area contributed by atoms with Crippen molar-refractivity contribution >= 4 is 23.9 Å². The summed E-state index contributed by atoms with van der Waals surface area (Å²) in [5, 5.41) is 36.3. The van der Waals surface area contributed by atoms with Crippen LogP contribution in [0.15, 0.2) is 0 Å². The molecule has 4 N–H and O–H groups in total. The van der Waals surface area contributed by atoms with Crippen LogP contribution < -0.4 is 0 Å². The molecule has 8 heteroatoms. The highest BCUT2D eigenvalue weighted by atomic mass is 16.4. The standard InChI is InChI=1S/C11H12O8/c12-8(13)4-2-1-3(6(4)10(16)17)7(11(18)19)5(2)9(14)15/h2-7H,1H2,(H,12,13)(H,14,15)(H,16,17)(H,18,19)/t2?,3?,4-,5-,6+,7+. The molecule has 0 radical (unpaired) electrons. The Hall–Kier alpha value is -2.12. The summed E-state index contributed by atoms with van der Waals surface area (Å²) in [6, 6.07) is 0. The van der Waals surface area contributed by atoms with Gasteiger partial charge in [-0.2, -0.15) is 0 Å². The molecule has 0 aromatic rings. The van der Waals surface area contributed by atoms with Crippen LogP contribution in [0.3, 0.4) is 0 Å². The number of carboxylic acid groups (broad SMARTS) is 4. The van der Waals surface area contributed by atoms with Crippen LogP contribution in [0, 0.1) is 35.5 Å². The maximum atomic E-state index is 11.1. The largest absolute Gasteiger partial charge is 0.481 e. The van der Waals surface area contributed by atoms with E-state index in [1.54, 1.807) is 0 Å². The Morgan fingerprint density at radius 2 is 0.789 bits per heavy atom. The van der Waals surface area contributed by atoms with Crippen molar-refractivity contribution in [1.29, 1.82) is 0 Å². The van der Waals surface area contributed by atoms with Crippen LogP contribution in [-0.4, -0.2) is 44.3 Å². The summed E-state index contributed by atoms with van der Waals surface area (Å²) < 4.78 is 0. The van der Waals surface area contributed by atoms with Crippen molar-refractivity contribution in [1.82, 2.24) is 0 Å². The van der Waals surface area contributed by atoms with Crippen LogP contribution in [0.2, 0.25) is 0 Å². The second-order valence-electron chi connectivity index (χ2n) is 5.02. The predicted molar refractivity (Wildman–Crippen MR) is 56.1 cm³/mol. The first-order valence-corrected chi connectivity index (χ1v) is 5.68. The van der Waals surface area contributed by atoms with Crippen LogP contribution in [0.1, 0.15) is 6.42 Å². The summed E-state index contributed by atoms with van der Waals surface area (Å²) >= 11 is 0. The third-order valence-corrected chi connectivity index (χ3v) is 4.30. The van der Waals surface area contributed by atoms with Gasteiger partial charge in [0.25, 0.3) is 0 Å². The number of fused-ring (bicyclic) bond motifs is 2. The molecule has 0 aromatic heterocycles. The fraction of sp³-hybridized carbons (Fsp3) is 0.636. The van der Waals surface area contributed by atoms with Crippen LogP contribution in [-0.2, 0) is 19.2 Å². The van der Waals surface area contributed by atoms with E-state index in [1.165, 1.54) is 0 Å². The minimum Gasteiger partial charge on any atom is -0.481 e. The van der Waals surface area contributed by atoms with E-state index in [-0.39, 0.29) is 6.42 Å². The molecule has 0 amide bonds. The van der Waals surface area contributed by atoms with Gasteiger partial charge in [0, 0.05) is 0 Å². The molecule has 0 aromatic carbocycles. The molecule has 2 aliphatic carbocycles. The zero-order valence-electron chi connectivity index (χ0n) is 9.59. The predicted octanol–water partition coefficient (Wildman–Crippen LogP) is -0.561. The Morgan fingerprint density at radius 1 is 0.579 bits per heavy atom. The molecule has 0 unspecified atom stereocenters. The number of aliphatic carboxylic acids is 4. The van der Waals surface area contributed by atoms with Crippen molar-refractivity contribution in [3.63, 3.8) is 0 Å². The van der Waals surface area contributed by atoms with Crippen LogP contribution in [0.4, 0.5) is 0 Å². The van der Waals surface area contributed by atoms with E-state index in [1.807, 2.05) is 0 Å². The molecule has 0 spiro atoms. The second-order valence-corrected chi connectivity index (χ2v) is 5.02. The fourth-order valence-electron chi connectivity index (χ4n) is 3.76. The van der Waals surface area contributed by atoms with Gasteiger partial charge in [-0.25, -0.2) is 0 Å². The first-order chi connectivity index (χ1) is 8.77. The lowest BCUT2D eigenvalue weighted by Gasteiger charge is -2.33. The molecule has 0 heterocycles. The zero-order valence-corrected chi connectivity index (χ0v) is 9.59. The maximum absolute atomic E-state index is 11.1. The molecule has 19 heavy (non-hydrogen) atoms. The topological polar surface area (TPSA) is 149 Å². The Morgan fingerprint density at radius 3 is 0.947 bits per heavy atom. The lowest BCUT2D eigenvalue weighted by Crippen LogP contribution is -2.47. The van der Waals surface area contributed by atoms with E-state index < -0.39 is 59.4 Å². The summed E-state index contributed by atoms with van der Waals surface area (Å²) in [5.41, 5.74) is 0. The van der Waals surface area contributed by atoms with Crippen LogP contribution in [0.25, 0.3) is 0 Å². The highest BCUT2D eigenvalue weighted by molar-refractivity contribution is 5.88. The maximum Gasteiger partial charge on any atom is 0.307 e. The lowest BCUT2D eigenvalue weighted by molar-refractivity contribution is -0.169. The van der Waals surface area contributed by atoms with Crippen molar-refractivity contribution in [2.75, 3.05) is 0 Å². The Labute approximate surface area is 106 Å². The first kappa shape index (κ1) is 13.3. The van der Waals surface area contributed by atoms with Crippen molar-refractivity contribution in [3.8, 4) is 0 Å². The van der Waals surface area contributed by atoms with E-state index in [4.69, 9.17) is 20.4 Å². The molecule has 0 aliphatic heterocycles. The monoisotopic (exact) mass is 272 g/mol. The third kappa shape index (κ3) is 1.74. The Kier molecular flexibility index (Phi) is 2.95. The van der Waals surface area contributed by atoms with Gasteiger partial charge in [-0.05, 0) is 18.3 Å². The number of carboxylic acids is 4. The van der Waals surface area contributed by atoms with Crippen molar-refractivity contribution < 1.29 is 39.6 Å². The van der Waals surface area contributed by atoms with E-state index in [0.29, 0.717) is 0 Å². The molecular weight excluding hydrogens is 260 g/mol. The number of hydrogen-bond acceptors (Lipinski definition) is 4.